The molecule has 2 rings (SSSR count). The maximum Gasteiger partial charge on any atom is 0.155 e. The summed E-state index contributed by atoms with van der Waals surface area (Å²) in [4.78, 5) is 11.2. The summed E-state index contributed by atoms with van der Waals surface area (Å²) in [6.07, 6.45) is 11.8. The van der Waals surface area contributed by atoms with Crippen molar-refractivity contribution in [2.45, 2.75) is 51.4 Å². The minimum atomic E-state index is 0.367. The second kappa shape index (κ2) is 4.08. The van der Waals surface area contributed by atoms with Gasteiger partial charge in [0.05, 0.1) is 0 Å². The lowest BCUT2D eigenvalue weighted by Crippen LogP contribution is -2.13. The SMILES string of the molecule is O=C1C=C(C2CCCCC2)CCC1. The topological polar surface area (TPSA) is 17.1 Å². The molecule has 72 valence electrons. The van der Waals surface area contributed by atoms with Gasteiger partial charge in [-0.1, -0.05) is 24.8 Å². The van der Waals surface area contributed by atoms with Crippen LogP contribution in [0, 0.1) is 5.92 Å². The number of hydrogen-bond donors (Lipinski definition) is 0. The van der Waals surface area contributed by atoms with E-state index in [4.69, 9.17) is 0 Å². The normalized spacial score (nSPS) is 25.8. The van der Waals surface area contributed by atoms with E-state index in [-0.39, 0.29) is 0 Å². The van der Waals surface area contributed by atoms with Gasteiger partial charge in [0.1, 0.15) is 0 Å². The highest BCUT2D eigenvalue weighted by Crippen LogP contribution is 2.33. The number of carbonyl (C=O) groups excluding carboxylic acids is 1. The standard InChI is InChI=1S/C12H18O/c13-12-8-4-7-11(9-12)10-5-2-1-3-6-10/h9-10H,1-8H2. The molecular weight excluding hydrogens is 160 g/mol. The number of allylic oxidation sites excluding steroid dienone is 2. The summed E-state index contributed by atoms with van der Waals surface area (Å²) in [7, 11) is 0. The molecule has 2 aliphatic rings. The molecule has 2 aliphatic carbocycles. The lowest BCUT2D eigenvalue weighted by Gasteiger charge is -2.26. The number of hydrogen-bond acceptors (Lipinski definition) is 1. The molecule has 1 saturated carbocycles. The minimum absolute atomic E-state index is 0.367. The van der Waals surface area contributed by atoms with Crippen LogP contribution < -0.4 is 0 Å². The quantitative estimate of drug-likeness (QED) is 0.602. The average molecular weight is 178 g/mol. The smallest absolute Gasteiger partial charge is 0.155 e. The van der Waals surface area contributed by atoms with Crippen molar-refractivity contribution in [1.82, 2.24) is 0 Å². The van der Waals surface area contributed by atoms with Gasteiger partial charge in [-0.3, -0.25) is 4.79 Å². The number of rotatable bonds is 1. The third kappa shape index (κ3) is 2.20. The highest BCUT2D eigenvalue weighted by atomic mass is 16.1. The maximum atomic E-state index is 11.2. The predicted molar refractivity (Wildman–Crippen MR) is 53.5 cm³/mol. The first-order valence-electron chi connectivity index (χ1n) is 5.59. The summed E-state index contributed by atoms with van der Waals surface area (Å²) < 4.78 is 0. The van der Waals surface area contributed by atoms with E-state index in [0.717, 1.165) is 18.8 Å². The van der Waals surface area contributed by atoms with Gasteiger partial charge < -0.3 is 0 Å². The van der Waals surface area contributed by atoms with Crippen LogP contribution in [-0.4, -0.2) is 5.78 Å². The maximum absolute atomic E-state index is 11.2. The highest BCUT2D eigenvalue weighted by Gasteiger charge is 2.20. The van der Waals surface area contributed by atoms with Crippen LogP contribution in [0.2, 0.25) is 0 Å². The molecule has 13 heavy (non-hydrogen) atoms. The number of carbonyl (C=O) groups is 1. The molecule has 0 amide bonds. The molecule has 0 aliphatic heterocycles. The van der Waals surface area contributed by atoms with Crippen LogP contribution in [-0.2, 0) is 4.79 Å². The van der Waals surface area contributed by atoms with Gasteiger partial charge in [0.15, 0.2) is 5.78 Å². The lowest BCUT2D eigenvalue weighted by atomic mass is 9.79. The van der Waals surface area contributed by atoms with E-state index in [2.05, 4.69) is 0 Å². The minimum Gasteiger partial charge on any atom is -0.295 e. The second-order valence-electron chi connectivity index (χ2n) is 4.37. The van der Waals surface area contributed by atoms with Gasteiger partial charge in [-0.25, -0.2) is 0 Å². The summed E-state index contributed by atoms with van der Waals surface area (Å²) in [6, 6.07) is 0. The molecule has 0 spiro atoms. The van der Waals surface area contributed by atoms with E-state index in [1.54, 1.807) is 0 Å². The molecule has 0 radical (unpaired) electrons. The van der Waals surface area contributed by atoms with E-state index in [0.29, 0.717) is 5.78 Å². The molecule has 0 atom stereocenters. The van der Waals surface area contributed by atoms with Crippen LogP contribution in [0.1, 0.15) is 51.4 Å². The zero-order chi connectivity index (χ0) is 9.10. The van der Waals surface area contributed by atoms with E-state index < -0.39 is 0 Å². The first-order valence-corrected chi connectivity index (χ1v) is 5.59. The van der Waals surface area contributed by atoms with Crippen LogP contribution in [0.4, 0.5) is 0 Å². The van der Waals surface area contributed by atoms with Crippen LogP contribution in [0.3, 0.4) is 0 Å². The third-order valence-electron chi connectivity index (χ3n) is 3.36. The monoisotopic (exact) mass is 178 g/mol. The number of ketones is 1. The molecule has 0 unspecified atom stereocenters. The zero-order valence-electron chi connectivity index (χ0n) is 8.22. The molecule has 0 N–H and O–H groups in total. The van der Waals surface area contributed by atoms with Gasteiger partial charge in [0.25, 0.3) is 0 Å². The van der Waals surface area contributed by atoms with Crippen molar-refractivity contribution in [3.05, 3.63) is 11.6 Å². The van der Waals surface area contributed by atoms with Crippen LogP contribution in [0.15, 0.2) is 11.6 Å². The van der Waals surface area contributed by atoms with Gasteiger partial charge in [0, 0.05) is 6.42 Å². The van der Waals surface area contributed by atoms with Gasteiger partial charge >= 0.3 is 0 Å². The molecule has 0 saturated heterocycles. The Labute approximate surface area is 80.2 Å². The molecule has 0 bridgehead atoms. The first-order chi connectivity index (χ1) is 6.36. The van der Waals surface area contributed by atoms with Crippen molar-refractivity contribution in [3.8, 4) is 0 Å². The van der Waals surface area contributed by atoms with Gasteiger partial charge in [0.2, 0.25) is 0 Å². The lowest BCUT2D eigenvalue weighted by molar-refractivity contribution is -0.115. The van der Waals surface area contributed by atoms with Gasteiger partial charge in [-0.2, -0.15) is 0 Å². The first kappa shape index (κ1) is 8.98. The molecule has 0 aromatic carbocycles. The van der Waals surface area contributed by atoms with Crippen molar-refractivity contribution in [2.24, 2.45) is 5.92 Å². The summed E-state index contributed by atoms with van der Waals surface area (Å²) in [5, 5.41) is 0. The Balaban J connectivity index is 2.01. The Kier molecular flexibility index (Phi) is 2.82. The Morgan fingerprint density at radius 1 is 1.00 bits per heavy atom. The molecular formula is C12H18O. The Bertz CT molecular complexity index is 221. The van der Waals surface area contributed by atoms with Crippen molar-refractivity contribution in [1.29, 1.82) is 0 Å². The fourth-order valence-electron chi connectivity index (χ4n) is 2.61. The Hall–Kier alpha value is -0.590. The van der Waals surface area contributed by atoms with Crippen molar-refractivity contribution in [2.75, 3.05) is 0 Å². The van der Waals surface area contributed by atoms with E-state index in [1.807, 2.05) is 6.08 Å². The molecule has 1 fully saturated rings. The molecule has 0 aromatic heterocycles. The zero-order valence-corrected chi connectivity index (χ0v) is 8.22. The summed E-state index contributed by atoms with van der Waals surface area (Å²) in [5.41, 5.74) is 1.47. The van der Waals surface area contributed by atoms with E-state index in [9.17, 15) is 4.79 Å². The third-order valence-corrected chi connectivity index (χ3v) is 3.36. The van der Waals surface area contributed by atoms with Crippen molar-refractivity contribution < 1.29 is 4.79 Å². The van der Waals surface area contributed by atoms with E-state index in [1.165, 1.54) is 44.1 Å². The molecule has 0 aromatic rings. The molecule has 1 heteroatoms. The molecule has 1 nitrogen and oxygen atoms in total. The van der Waals surface area contributed by atoms with Crippen molar-refractivity contribution in [3.63, 3.8) is 0 Å². The summed E-state index contributed by atoms with van der Waals surface area (Å²) >= 11 is 0. The van der Waals surface area contributed by atoms with Crippen LogP contribution in [0.25, 0.3) is 0 Å². The summed E-state index contributed by atoms with van der Waals surface area (Å²) in [5.74, 6) is 1.13. The Morgan fingerprint density at radius 3 is 2.46 bits per heavy atom. The molecule has 0 heterocycles. The fraction of sp³-hybridized carbons (Fsp3) is 0.750. The van der Waals surface area contributed by atoms with Crippen LogP contribution in [0.5, 0.6) is 0 Å². The van der Waals surface area contributed by atoms with Crippen molar-refractivity contribution >= 4 is 5.78 Å². The van der Waals surface area contributed by atoms with E-state index >= 15 is 0 Å². The van der Waals surface area contributed by atoms with Gasteiger partial charge in [-0.15, -0.1) is 0 Å². The van der Waals surface area contributed by atoms with Gasteiger partial charge in [-0.05, 0) is 37.7 Å². The predicted octanol–water partition coefficient (Wildman–Crippen LogP) is 3.25. The largest absolute Gasteiger partial charge is 0.295 e. The fourth-order valence-corrected chi connectivity index (χ4v) is 2.61. The summed E-state index contributed by atoms with van der Waals surface area (Å²) in [6.45, 7) is 0. The average Bonchev–Trinajstić information content (AvgIpc) is 2.19. The second-order valence-corrected chi connectivity index (χ2v) is 4.37. The Morgan fingerprint density at radius 2 is 1.77 bits per heavy atom. The van der Waals surface area contributed by atoms with Crippen LogP contribution >= 0.6 is 0 Å². The highest BCUT2D eigenvalue weighted by molar-refractivity contribution is 5.91.